The Balaban J connectivity index is 1.93. The van der Waals surface area contributed by atoms with Crippen LogP contribution in [0.25, 0.3) is 0 Å². The van der Waals surface area contributed by atoms with Crippen LogP contribution in [0.3, 0.4) is 0 Å². The molecule has 1 amide bonds. The fourth-order valence-electron chi connectivity index (χ4n) is 2.64. The molecule has 90 valence electrons. The minimum atomic E-state index is -0.879. The number of carboxylic acid groups (broad SMARTS) is 2. The maximum absolute atomic E-state index is 10.8. The number of amides is 1. The van der Waals surface area contributed by atoms with Crippen LogP contribution in [0.5, 0.6) is 0 Å². The smallest absolute Gasteiger partial charge is 0.407 e. The van der Waals surface area contributed by atoms with Crippen LogP contribution < -0.4 is 5.32 Å². The third-order valence-corrected chi connectivity index (χ3v) is 3.75. The number of nitrogens with zero attached hydrogens (tertiary/aromatic N) is 1. The summed E-state index contributed by atoms with van der Waals surface area (Å²) in [4.78, 5) is 23.0. The highest BCUT2D eigenvalue weighted by Crippen LogP contribution is 2.39. The number of rotatable bonds is 1. The van der Waals surface area contributed by atoms with Gasteiger partial charge < -0.3 is 20.4 Å². The van der Waals surface area contributed by atoms with E-state index in [4.69, 9.17) is 10.2 Å². The van der Waals surface area contributed by atoms with E-state index >= 15 is 0 Å². The second kappa shape index (κ2) is 3.93. The van der Waals surface area contributed by atoms with E-state index in [1.165, 1.54) is 4.90 Å². The van der Waals surface area contributed by atoms with Gasteiger partial charge in [0.05, 0.1) is 0 Å². The highest BCUT2D eigenvalue weighted by Gasteiger charge is 2.44. The lowest BCUT2D eigenvalue weighted by atomic mass is 9.76. The normalized spacial score (nSPS) is 28.2. The summed E-state index contributed by atoms with van der Waals surface area (Å²) in [5.41, 5.74) is -0.00495. The van der Waals surface area contributed by atoms with E-state index in [0.29, 0.717) is 26.1 Å². The molecule has 1 unspecified atom stereocenters. The summed E-state index contributed by atoms with van der Waals surface area (Å²) in [6, 6.07) is -0.462. The van der Waals surface area contributed by atoms with Gasteiger partial charge in [0.15, 0.2) is 0 Å². The molecule has 0 saturated carbocycles. The van der Waals surface area contributed by atoms with Gasteiger partial charge in [-0.1, -0.05) is 0 Å². The SMILES string of the molecule is O=C(O)C1CC2(CCN(C(=O)O)CC2)CN1. The summed E-state index contributed by atoms with van der Waals surface area (Å²) in [6.45, 7) is 1.73. The number of aliphatic carboxylic acids is 1. The molecular weight excluding hydrogens is 212 g/mol. The molecule has 1 atom stereocenters. The minimum Gasteiger partial charge on any atom is -0.480 e. The lowest BCUT2D eigenvalue weighted by Crippen LogP contribution is -2.43. The van der Waals surface area contributed by atoms with E-state index in [1.54, 1.807) is 0 Å². The van der Waals surface area contributed by atoms with Crippen LogP contribution in [0.4, 0.5) is 4.79 Å². The Hall–Kier alpha value is -1.30. The van der Waals surface area contributed by atoms with Gasteiger partial charge in [-0.2, -0.15) is 0 Å². The lowest BCUT2D eigenvalue weighted by molar-refractivity contribution is -0.139. The topological polar surface area (TPSA) is 89.9 Å². The van der Waals surface area contributed by atoms with Gasteiger partial charge in [0.25, 0.3) is 0 Å². The molecular formula is C10H16N2O4. The third kappa shape index (κ3) is 1.97. The monoisotopic (exact) mass is 228 g/mol. The first-order valence-electron chi connectivity index (χ1n) is 5.46. The molecule has 0 aromatic rings. The van der Waals surface area contributed by atoms with E-state index < -0.39 is 18.1 Å². The van der Waals surface area contributed by atoms with E-state index in [9.17, 15) is 9.59 Å². The van der Waals surface area contributed by atoms with E-state index in [0.717, 1.165) is 12.8 Å². The number of carbonyl (C=O) groups is 2. The summed E-state index contributed by atoms with van der Waals surface area (Å²) >= 11 is 0. The summed E-state index contributed by atoms with van der Waals surface area (Å²) < 4.78 is 0. The first kappa shape index (κ1) is 11.2. The fourth-order valence-corrected chi connectivity index (χ4v) is 2.64. The summed E-state index contributed by atoms with van der Waals surface area (Å²) in [6.07, 6.45) is 1.26. The quantitative estimate of drug-likeness (QED) is 0.596. The summed E-state index contributed by atoms with van der Waals surface area (Å²) in [5, 5.41) is 20.7. The van der Waals surface area contributed by atoms with E-state index in [2.05, 4.69) is 5.32 Å². The van der Waals surface area contributed by atoms with Crippen molar-refractivity contribution in [3.63, 3.8) is 0 Å². The summed E-state index contributed by atoms with van der Waals surface area (Å²) in [7, 11) is 0. The van der Waals surface area contributed by atoms with Crippen molar-refractivity contribution in [2.24, 2.45) is 5.41 Å². The van der Waals surface area contributed by atoms with Gasteiger partial charge >= 0.3 is 12.1 Å². The Morgan fingerprint density at radius 1 is 1.25 bits per heavy atom. The van der Waals surface area contributed by atoms with Crippen molar-refractivity contribution in [3.05, 3.63) is 0 Å². The van der Waals surface area contributed by atoms with Crippen molar-refractivity contribution >= 4 is 12.1 Å². The number of hydrogen-bond acceptors (Lipinski definition) is 3. The molecule has 0 aliphatic carbocycles. The van der Waals surface area contributed by atoms with E-state index in [1.807, 2.05) is 0 Å². The molecule has 2 aliphatic heterocycles. The molecule has 1 spiro atoms. The first-order chi connectivity index (χ1) is 7.52. The zero-order valence-corrected chi connectivity index (χ0v) is 8.98. The number of carboxylic acids is 1. The maximum atomic E-state index is 10.8. The standard InChI is InChI=1S/C10H16N2O4/c13-8(14)7-5-10(6-11-7)1-3-12(4-2-10)9(15)16/h7,11H,1-6H2,(H,13,14)(H,15,16). The molecule has 2 fully saturated rings. The van der Waals surface area contributed by atoms with Crippen molar-refractivity contribution in [3.8, 4) is 0 Å². The Kier molecular flexibility index (Phi) is 2.75. The van der Waals surface area contributed by atoms with Crippen LogP contribution in [0.2, 0.25) is 0 Å². The Morgan fingerprint density at radius 2 is 1.88 bits per heavy atom. The molecule has 16 heavy (non-hydrogen) atoms. The molecule has 2 rings (SSSR count). The Labute approximate surface area is 93.2 Å². The molecule has 0 bridgehead atoms. The molecule has 6 heteroatoms. The minimum absolute atomic E-state index is 0.00495. The number of hydrogen-bond donors (Lipinski definition) is 3. The van der Waals surface area contributed by atoms with Crippen molar-refractivity contribution in [2.45, 2.75) is 25.3 Å². The van der Waals surface area contributed by atoms with Gasteiger partial charge in [0.2, 0.25) is 0 Å². The third-order valence-electron chi connectivity index (χ3n) is 3.75. The molecule has 2 heterocycles. The zero-order chi connectivity index (χ0) is 11.8. The first-order valence-corrected chi connectivity index (χ1v) is 5.46. The predicted molar refractivity (Wildman–Crippen MR) is 55.3 cm³/mol. The second-order valence-corrected chi connectivity index (χ2v) is 4.75. The highest BCUT2D eigenvalue weighted by atomic mass is 16.4. The zero-order valence-electron chi connectivity index (χ0n) is 8.98. The fraction of sp³-hybridized carbons (Fsp3) is 0.800. The van der Waals surface area contributed by atoms with Gasteiger partial charge in [-0.15, -0.1) is 0 Å². The van der Waals surface area contributed by atoms with Gasteiger partial charge in [-0.05, 0) is 24.7 Å². The molecule has 3 N–H and O–H groups in total. The van der Waals surface area contributed by atoms with Gasteiger partial charge in [0.1, 0.15) is 6.04 Å². The molecule has 0 aromatic carbocycles. The Bertz CT molecular complexity index is 310. The van der Waals surface area contributed by atoms with Crippen molar-refractivity contribution in [2.75, 3.05) is 19.6 Å². The van der Waals surface area contributed by atoms with Crippen LogP contribution in [0.1, 0.15) is 19.3 Å². The Morgan fingerprint density at radius 3 is 2.31 bits per heavy atom. The van der Waals surface area contributed by atoms with Crippen molar-refractivity contribution in [1.29, 1.82) is 0 Å². The largest absolute Gasteiger partial charge is 0.480 e. The van der Waals surface area contributed by atoms with Gasteiger partial charge in [-0.25, -0.2) is 4.79 Å². The number of piperidine rings is 1. The highest BCUT2D eigenvalue weighted by molar-refractivity contribution is 5.74. The molecule has 2 saturated heterocycles. The van der Waals surface area contributed by atoms with Crippen LogP contribution in [0, 0.1) is 5.41 Å². The van der Waals surface area contributed by atoms with Crippen LogP contribution in [0.15, 0.2) is 0 Å². The number of nitrogens with one attached hydrogen (secondary N) is 1. The molecule has 0 aromatic heterocycles. The van der Waals surface area contributed by atoms with Crippen LogP contribution in [-0.2, 0) is 4.79 Å². The number of likely N-dealkylation sites (tertiary alicyclic amines) is 1. The van der Waals surface area contributed by atoms with Crippen molar-refractivity contribution in [1.82, 2.24) is 10.2 Å². The average Bonchev–Trinajstić information content (AvgIpc) is 2.63. The summed E-state index contributed by atoms with van der Waals surface area (Å²) in [5.74, 6) is -0.808. The predicted octanol–water partition coefficient (Wildman–Crippen LogP) is 0.193. The van der Waals surface area contributed by atoms with Crippen LogP contribution in [-0.4, -0.2) is 52.9 Å². The lowest BCUT2D eigenvalue weighted by Gasteiger charge is -2.37. The molecule has 6 nitrogen and oxygen atoms in total. The molecule has 0 radical (unpaired) electrons. The van der Waals surface area contributed by atoms with E-state index in [-0.39, 0.29) is 5.41 Å². The average molecular weight is 228 g/mol. The maximum Gasteiger partial charge on any atom is 0.407 e. The second-order valence-electron chi connectivity index (χ2n) is 4.75. The van der Waals surface area contributed by atoms with Crippen molar-refractivity contribution < 1.29 is 19.8 Å². The molecule has 2 aliphatic rings. The van der Waals surface area contributed by atoms with Gasteiger partial charge in [-0.3, -0.25) is 4.79 Å². The van der Waals surface area contributed by atoms with Gasteiger partial charge in [0, 0.05) is 19.6 Å². The van der Waals surface area contributed by atoms with Crippen LogP contribution >= 0.6 is 0 Å².